The summed E-state index contributed by atoms with van der Waals surface area (Å²) in [5.41, 5.74) is 2.47. The lowest BCUT2D eigenvalue weighted by atomic mass is 10.1. The maximum Gasteiger partial charge on any atom is 0.0642 e. The van der Waals surface area contributed by atoms with Crippen molar-refractivity contribution in [2.75, 3.05) is 11.4 Å². The van der Waals surface area contributed by atoms with E-state index < -0.39 is 0 Å². The highest BCUT2D eigenvalue weighted by Crippen LogP contribution is 2.33. The molecular weight excluding hydrogens is 310 g/mol. The molecule has 0 heterocycles. The summed E-state index contributed by atoms with van der Waals surface area (Å²) in [7, 11) is 0. The van der Waals surface area contributed by atoms with Gasteiger partial charge in [0.1, 0.15) is 0 Å². The number of unbranched alkanes of at least 4 members (excludes halogenated alkanes) is 2. The molecule has 0 spiro atoms. The van der Waals surface area contributed by atoms with E-state index in [9.17, 15) is 0 Å². The van der Waals surface area contributed by atoms with Crippen LogP contribution < -0.4 is 4.90 Å². The first-order valence-corrected chi connectivity index (χ1v) is 8.21. The summed E-state index contributed by atoms with van der Waals surface area (Å²) in [6.07, 6.45) is 3.75. The summed E-state index contributed by atoms with van der Waals surface area (Å²) < 4.78 is 0. The molecule has 0 aromatic heterocycles. The van der Waals surface area contributed by atoms with E-state index in [0.717, 1.165) is 16.9 Å². The first-order chi connectivity index (χ1) is 8.61. The number of anilines is 1. The van der Waals surface area contributed by atoms with Crippen LogP contribution in [0.3, 0.4) is 0 Å². The topological polar surface area (TPSA) is 3.24 Å². The van der Waals surface area contributed by atoms with Crippen molar-refractivity contribution in [2.45, 2.75) is 51.4 Å². The van der Waals surface area contributed by atoms with E-state index in [4.69, 9.17) is 11.6 Å². The molecule has 0 saturated carbocycles. The molecule has 0 saturated heterocycles. The number of alkyl halides is 1. The van der Waals surface area contributed by atoms with Crippen LogP contribution in [0.1, 0.15) is 45.6 Å². The predicted molar refractivity (Wildman–Crippen MR) is 86.1 cm³/mol. The van der Waals surface area contributed by atoms with Gasteiger partial charge in [-0.05, 0) is 31.9 Å². The maximum absolute atomic E-state index is 6.40. The van der Waals surface area contributed by atoms with E-state index in [1.807, 2.05) is 12.1 Å². The van der Waals surface area contributed by atoms with Gasteiger partial charge in [0.15, 0.2) is 0 Å². The third-order valence-corrected chi connectivity index (χ3v) is 4.04. The van der Waals surface area contributed by atoms with E-state index in [2.05, 4.69) is 47.7 Å². The molecular formula is C15H23BrClN. The molecule has 0 bridgehead atoms. The van der Waals surface area contributed by atoms with Crippen molar-refractivity contribution in [2.24, 2.45) is 0 Å². The van der Waals surface area contributed by atoms with Gasteiger partial charge in [0, 0.05) is 17.9 Å². The fourth-order valence-electron chi connectivity index (χ4n) is 2.15. The lowest BCUT2D eigenvalue weighted by Gasteiger charge is -2.31. The van der Waals surface area contributed by atoms with Gasteiger partial charge >= 0.3 is 0 Å². The first-order valence-electron chi connectivity index (χ1n) is 6.71. The van der Waals surface area contributed by atoms with Crippen LogP contribution in [0.5, 0.6) is 0 Å². The van der Waals surface area contributed by atoms with Crippen LogP contribution in [0.25, 0.3) is 0 Å². The van der Waals surface area contributed by atoms with Crippen LogP contribution in [0.2, 0.25) is 5.02 Å². The number of benzene rings is 1. The van der Waals surface area contributed by atoms with Gasteiger partial charge in [-0.1, -0.05) is 59.4 Å². The van der Waals surface area contributed by atoms with Gasteiger partial charge in [0.05, 0.1) is 10.7 Å². The molecule has 3 heteroatoms. The van der Waals surface area contributed by atoms with Crippen molar-refractivity contribution in [1.82, 2.24) is 0 Å². The first kappa shape index (κ1) is 15.8. The predicted octanol–water partition coefficient (Wildman–Crippen LogP) is 5.64. The summed E-state index contributed by atoms with van der Waals surface area (Å²) in [5, 5.41) is 1.71. The Morgan fingerprint density at radius 3 is 2.56 bits per heavy atom. The molecule has 0 radical (unpaired) electrons. The fraction of sp³-hybridized carbons (Fsp3) is 0.600. The molecule has 0 aliphatic heterocycles. The second-order valence-electron chi connectivity index (χ2n) is 4.88. The van der Waals surface area contributed by atoms with Crippen LogP contribution in [-0.2, 0) is 5.33 Å². The lowest BCUT2D eigenvalue weighted by molar-refractivity contribution is 0.625. The highest BCUT2D eigenvalue weighted by Gasteiger charge is 2.16. The number of para-hydroxylation sites is 1. The summed E-state index contributed by atoms with van der Waals surface area (Å²) in [6.45, 7) is 7.77. The molecule has 0 amide bonds. The standard InChI is InChI=1S/C15H23BrClN/c1-4-5-6-10-18(12(2)3)15-13(11-16)8-7-9-14(15)17/h7-9,12H,4-6,10-11H2,1-3H3. The van der Waals surface area contributed by atoms with Gasteiger partial charge in [-0.2, -0.15) is 0 Å². The molecule has 0 aliphatic carbocycles. The third kappa shape index (κ3) is 4.17. The van der Waals surface area contributed by atoms with Gasteiger partial charge in [-0.3, -0.25) is 0 Å². The summed E-state index contributed by atoms with van der Waals surface area (Å²) >= 11 is 9.95. The van der Waals surface area contributed by atoms with Crippen molar-refractivity contribution >= 4 is 33.2 Å². The van der Waals surface area contributed by atoms with Gasteiger partial charge in [0.2, 0.25) is 0 Å². The smallest absolute Gasteiger partial charge is 0.0642 e. The summed E-state index contributed by atoms with van der Waals surface area (Å²) in [6, 6.07) is 6.62. The Bertz CT molecular complexity index is 366. The number of halogens is 2. The summed E-state index contributed by atoms with van der Waals surface area (Å²) in [4.78, 5) is 2.43. The fourth-order valence-corrected chi connectivity index (χ4v) is 2.90. The second kappa shape index (κ2) is 8.06. The molecule has 1 aromatic carbocycles. The Labute approximate surface area is 125 Å². The van der Waals surface area contributed by atoms with Gasteiger partial charge in [0.25, 0.3) is 0 Å². The minimum absolute atomic E-state index is 0.472. The van der Waals surface area contributed by atoms with Crippen LogP contribution in [0, 0.1) is 0 Å². The SMILES string of the molecule is CCCCCN(c1c(Cl)cccc1CBr)C(C)C. The van der Waals surface area contributed by atoms with Crippen molar-refractivity contribution in [1.29, 1.82) is 0 Å². The van der Waals surface area contributed by atoms with E-state index >= 15 is 0 Å². The van der Waals surface area contributed by atoms with Crippen LogP contribution in [-0.4, -0.2) is 12.6 Å². The molecule has 1 aromatic rings. The minimum atomic E-state index is 0.472. The number of rotatable bonds is 7. The van der Waals surface area contributed by atoms with Crippen LogP contribution >= 0.6 is 27.5 Å². The van der Waals surface area contributed by atoms with Gasteiger partial charge in [-0.15, -0.1) is 0 Å². The van der Waals surface area contributed by atoms with Crippen LogP contribution in [0.4, 0.5) is 5.69 Å². The minimum Gasteiger partial charge on any atom is -0.368 e. The third-order valence-electron chi connectivity index (χ3n) is 3.13. The second-order valence-corrected chi connectivity index (χ2v) is 5.84. The molecule has 1 nitrogen and oxygen atoms in total. The zero-order valence-corrected chi connectivity index (χ0v) is 13.9. The Balaban J connectivity index is 2.97. The molecule has 0 aliphatic rings. The maximum atomic E-state index is 6.40. The Morgan fingerprint density at radius 2 is 2.00 bits per heavy atom. The van der Waals surface area contributed by atoms with Crippen LogP contribution in [0.15, 0.2) is 18.2 Å². The Morgan fingerprint density at radius 1 is 1.28 bits per heavy atom. The molecule has 0 N–H and O–H groups in total. The quantitative estimate of drug-likeness (QED) is 0.461. The van der Waals surface area contributed by atoms with E-state index in [1.54, 1.807) is 0 Å². The largest absolute Gasteiger partial charge is 0.368 e. The molecule has 102 valence electrons. The van der Waals surface area contributed by atoms with E-state index in [-0.39, 0.29) is 0 Å². The van der Waals surface area contributed by atoms with E-state index in [0.29, 0.717) is 6.04 Å². The van der Waals surface area contributed by atoms with Crippen molar-refractivity contribution < 1.29 is 0 Å². The van der Waals surface area contributed by atoms with Gasteiger partial charge < -0.3 is 4.90 Å². The average Bonchev–Trinajstić information content (AvgIpc) is 2.35. The van der Waals surface area contributed by atoms with Crippen molar-refractivity contribution in [3.63, 3.8) is 0 Å². The van der Waals surface area contributed by atoms with Crippen molar-refractivity contribution in [3.05, 3.63) is 28.8 Å². The number of hydrogen-bond acceptors (Lipinski definition) is 1. The zero-order chi connectivity index (χ0) is 13.5. The normalized spacial score (nSPS) is 11.0. The Hall–Kier alpha value is -0.210. The molecule has 0 atom stereocenters. The summed E-state index contributed by atoms with van der Waals surface area (Å²) in [5.74, 6) is 0. The average molecular weight is 333 g/mol. The Kier molecular flexibility index (Phi) is 7.10. The molecule has 1 rings (SSSR count). The number of nitrogens with zero attached hydrogens (tertiary/aromatic N) is 1. The monoisotopic (exact) mass is 331 g/mol. The van der Waals surface area contributed by atoms with E-state index in [1.165, 1.54) is 30.5 Å². The molecule has 0 fully saturated rings. The lowest BCUT2D eigenvalue weighted by Crippen LogP contribution is -2.32. The number of hydrogen-bond donors (Lipinski definition) is 0. The highest BCUT2D eigenvalue weighted by molar-refractivity contribution is 9.08. The highest BCUT2D eigenvalue weighted by atomic mass is 79.9. The molecule has 18 heavy (non-hydrogen) atoms. The van der Waals surface area contributed by atoms with Gasteiger partial charge in [-0.25, -0.2) is 0 Å². The zero-order valence-electron chi connectivity index (χ0n) is 11.5. The van der Waals surface area contributed by atoms with Crippen molar-refractivity contribution in [3.8, 4) is 0 Å². The molecule has 0 unspecified atom stereocenters.